The molecule has 0 spiro atoms. The van der Waals surface area contributed by atoms with Gasteiger partial charge in [-0.3, -0.25) is 19.4 Å². The summed E-state index contributed by atoms with van der Waals surface area (Å²) < 4.78 is 30.5. The number of rotatable bonds is 15. The van der Waals surface area contributed by atoms with E-state index >= 15 is 0 Å². The van der Waals surface area contributed by atoms with E-state index in [0.29, 0.717) is 101 Å². The number of anilines is 2. The number of hydrogen-bond donors (Lipinski definition) is 3. The Morgan fingerprint density at radius 3 is 1.97 bits per heavy atom. The molecule has 0 bridgehead atoms. The van der Waals surface area contributed by atoms with Crippen molar-refractivity contribution in [2.24, 2.45) is 0 Å². The van der Waals surface area contributed by atoms with Crippen molar-refractivity contribution >= 4 is 69.6 Å². The number of aromatic amines is 1. The van der Waals surface area contributed by atoms with Gasteiger partial charge in [-0.1, -0.05) is 59.6 Å². The lowest BCUT2D eigenvalue weighted by molar-refractivity contribution is -0.116. The van der Waals surface area contributed by atoms with E-state index in [4.69, 9.17) is 80.3 Å². The molecule has 9 rings (SSSR count). The molecule has 1 saturated heterocycles. The van der Waals surface area contributed by atoms with Crippen LogP contribution in [0.1, 0.15) is 76.5 Å². The minimum absolute atomic E-state index is 0.0540. The number of nitrogens with zero attached hydrogens (tertiary/aromatic N) is 4. The van der Waals surface area contributed by atoms with Crippen molar-refractivity contribution in [3.8, 4) is 34.3 Å². The van der Waals surface area contributed by atoms with Crippen molar-refractivity contribution in [2.45, 2.75) is 68.2 Å². The Morgan fingerprint density at radius 1 is 0.824 bits per heavy atom. The predicted octanol–water partition coefficient (Wildman–Crippen LogP) is 9.61. The highest BCUT2D eigenvalue weighted by Gasteiger charge is 2.61. The number of methoxy groups -OCH3 is 4. The van der Waals surface area contributed by atoms with E-state index in [1.807, 2.05) is 12.1 Å². The average Bonchev–Trinajstić information content (AvgIpc) is 3.72. The van der Waals surface area contributed by atoms with Crippen molar-refractivity contribution in [3.63, 3.8) is 0 Å². The van der Waals surface area contributed by atoms with Gasteiger partial charge in [0.25, 0.3) is 0 Å². The molecule has 3 N–H and O–H groups in total. The first-order valence-electron chi connectivity index (χ1n) is 22.6. The van der Waals surface area contributed by atoms with E-state index in [9.17, 15) is 9.59 Å². The van der Waals surface area contributed by atoms with Gasteiger partial charge in [0, 0.05) is 71.1 Å². The lowest BCUT2D eigenvalue weighted by atomic mass is 9.80. The molecule has 0 radical (unpaired) electrons. The third-order valence-electron chi connectivity index (χ3n) is 14.1. The van der Waals surface area contributed by atoms with E-state index in [1.165, 1.54) is 12.2 Å². The van der Waals surface area contributed by atoms with Gasteiger partial charge in [0.05, 0.1) is 90.3 Å². The second kappa shape index (κ2) is 19.6. The molecular weight excluding hydrogens is 952 g/mol. The minimum atomic E-state index is -0.669. The highest BCUT2D eigenvalue weighted by molar-refractivity contribution is 6.38. The second-order valence-corrected chi connectivity index (χ2v) is 19.1. The van der Waals surface area contributed by atoms with Crippen LogP contribution in [0.5, 0.6) is 23.0 Å². The van der Waals surface area contributed by atoms with Gasteiger partial charge in [-0.25, -0.2) is 0 Å². The molecule has 3 aromatic carbocycles. The molecule has 3 heterocycles. The fourth-order valence-corrected chi connectivity index (χ4v) is 12.2. The number of H-pyrrole nitrogens is 1. The molecule has 5 aromatic rings. The summed E-state index contributed by atoms with van der Waals surface area (Å²) in [7, 11) is 6.27. The number of benzene rings is 3. The van der Waals surface area contributed by atoms with E-state index in [0.717, 1.165) is 75.8 Å². The van der Waals surface area contributed by atoms with Gasteiger partial charge in [-0.2, -0.15) is 10.2 Å². The average molecular weight is 1010 g/mol. The number of carbonyl (C=O) groups excluding carboxylic acids is 2. The number of nitrogens with one attached hydrogen (secondary N) is 3. The maximum atomic E-state index is 13.0. The summed E-state index contributed by atoms with van der Waals surface area (Å²) in [5, 5.41) is 22.0. The van der Waals surface area contributed by atoms with E-state index in [1.54, 1.807) is 40.6 Å². The summed E-state index contributed by atoms with van der Waals surface area (Å²) in [6, 6.07) is 9.20. The SMILES string of the molecule is C=CC(=O)NCC1(c2n[nH]c3c2CC[C@H](c2c(Cl)c(OC)cc(OC)c2Cl)C3)CC1n1nc(-c2cc(N3CCOCC3)ccc2NC(=O)C=C)c2c1C[C@H](c1c(Cl)c(OC)cc(OC)c1Cl)CC2. The number of carbonyl (C=O) groups is 2. The first-order valence-corrected chi connectivity index (χ1v) is 24.1. The normalized spacial score (nSPS) is 20.7. The standard InChI is InChI=1S/C50H53Cl4N7O7/c1-7-40(62)55-25-50(49-29-12-9-26(19-33(29)57-58-49)42-44(51)35(64-3)22-36(65-4)45(42)52)24-39(50)61-34-20-27(43-46(53)37(66-5)23-38(67-6)47(43)54)10-13-30(34)48(59-61)31-21-28(60-15-17-68-18-16-60)11-14-32(31)56-41(63)8-2/h7-8,11,14,21-23,26-27,39H,1-2,9-10,12-13,15-20,24-25H2,3-6H3,(H,55,62)(H,56,63)(H,57,58)/t26-,27+,39?,50?/m0/s1. The molecule has 18 heteroatoms. The molecule has 2 aromatic heterocycles. The third kappa shape index (κ3) is 8.46. The van der Waals surface area contributed by atoms with Crippen molar-refractivity contribution in [1.29, 1.82) is 0 Å². The molecular formula is C50H53Cl4N7O7. The van der Waals surface area contributed by atoms with Crippen molar-refractivity contribution in [2.75, 3.05) is 71.5 Å². The van der Waals surface area contributed by atoms with Crippen LogP contribution < -0.4 is 34.5 Å². The highest BCUT2D eigenvalue weighted by atomic mass is 35.5. The fraction of sp³-hybridized carbons (Fsp3) is 0.400. The molecule has 2 amide bonds. The van der Waals surface area contributed by atoms with Crippen LogP contribution in [0.2, 0.25) is 20.1 Å². The van der Waals surface area contributed by atoms with Crippen LogP contribution in [0.4, 0.5) is 11.4 Å². The van der Waals surface area contributed by atoms with Crippen LogP contribution >= 0.6 is 46.4 Å². The van der Waals surface area contributed by atoms with Gasteiger partial charge in [0.1, 0.15) is 23.0 Å². The Kier molecular flexibility index (Phi) is 13.7. The summed E-state index contributed by atoms with van der Waals surface area (Å²) in [4.78, 5) is 28.3. The number of aromatic nitrogens is 4. The largest absolute Gasteiger partial charge is 0.495 e. The van der Waals surface area contributed by atoms with Crippen molar-refractivity contribution < 1.29 is 33.3 Å². The Morgan fingerprint density at radius 2 is 1.40 bits per heavy atom. The number of halogens is 4. The topological polar surface area (TPSA) is 154 Å². The van der Waals surface area contributed by atoms with Crippen LogP contribution in [-0.4, -0.2) is 93.1 Å². The Bertz CT molecular complexity index is 2770. The fourth-order valence-electron chi connectivity index (χ4n) is 10.5. The highest BCUT2D eigenvalue weighted by Crippen LogP contribution is 2.61. The molecule has 1 saturated carbocycles. The van der Waals surface area contributed by atoms with Crippen LogP contribution in [-0.2, 0) is 45.4 Å². The molecule has 1 aliphatic heterocycles. The van der Waals surface area contributed by atoms with Crippen LogP contribution in [0.3, 0.4) is 0 Å². The van der Waals surface area contributed by atoms with Gasteiger partial charge in [0.2, 0.25) is 11.8 Å². The first-order chi connectivity index (χ1) is 32.9. The molecule has 2 fully saturated rings. The molecule has 68 heavy (non-hydrogen) atoms. The predicted molar refractivity (Wildman–Crippen MR) is 265 cm³/mol. The maximum Gasteiger partial charge on any atom is 0.247 e. The maximum absolute atomic E-state index is 13.0. The summed E-state index contributed by atoms with van der Waals surface area (Å²) in [5.74, 6) is 1.06. The van der Waals surface area contributed by atoms with E-state index < -0.39 is 5.41 Å². The second-order valence-electron chi connectivity index (χ2n) is 17.6. The van der Waals surface area contributed by atoms with E-state index in [-0.39, 0.29) is 36.2 Å². The number of fused-ring (bicyclic) bond motifs is 2. The number of amides is 2. The molecule has 14 nitrogen and oxygen atoms in total. The minimum Gasteiger partial charge on any atom is -0.495 e. The molecule has 2 unspecified atom stereocenters. The molecule has 4 atom stereocenters. The zero-order valence-corrected chi connectivity index (χ0v) is 41.4. The third-order valence-corrected chi connectivity index (χ3v) is 15.7. The monoisotopic (exact) mass is 1000 g/mol. The number of morpholine rings is 1. The van der Waals surface area contributed by atoms with Gasteiger partial charge in [-0.15, -0.1) is 0 Å². The van der Waals surface area contributed by atoms with Gasteiger partial charge in [-0.05, 0) is 92.7 Å². The summed E-state index contributed by atoms with van der Waals surface area (Å²) in [6.07, 6.45) is 6.96. The number of ether oxygens (including phenoxy) is 5. The van der Waals surface area contributed by atoms with Crippen LogP contribution in [0, 0.1) is 0 Å². The smallest absolute Gasteiger partial charge is 0.247 e. The quantitative estimate of drug-likeness (QED) is 0.0865. The van der Waals surface area contributed by atoms with Gasteiger partial charge in [0.15, 0.2) is 0 Å². The van der Waals surface area contributed by atoms with Crippen molar-refractivity contribution in [3.05, 3.63) is 115 Å². The zero-order valence-electron chi connectivity index (χ0n) is 38.3. The lowest BCUT2D eigenvalue weighted by Gasteiger charge is -2.29. The molecule has 358 valence electrons. The van der Waals surface area contributed by atoms with Gasteiger partial charge < -0.3 is 39.2 Å². The van der Waals surface area contributed by atoms with Crippen LogP contribution in [0.25, 0.3) is 11.3 Å². The summed E-state index contributed by atoms with van der Waals surface area (Å²) >= 11 is 28.1. The lowest BCUT2D eigenvalue weighted by Crippen LogP contribution is -2.36. The molecule has 4 aliphatic rings. The zero-order chi connectivity index (χ0) is 48.0. The van der Waals surface area contributed by atoms with Crippen molar-refractivity contribution in [1.82, 2.24) is 25.3 Å². The Balaban J connectivity index is 1.18. The van der Waals surface area contributed by atoms with Crippen LogP contribution in [0.15, 0.2) is 55.6 Å². The number of hydrogen-bond acceptors (Lipinski definition) is 10. The molecule has 3 aliphatic carbocycles. The summed E-state index contributed by atoms with van der Waals surface area (Å²) in [6.45, 7) is 10.4. The Hall–Kier alpha value is -5.38. The first kappa shape index (κ1) is 47.7. The van der Waals surface area contributed by atoms with E-state index in [2.05, 4.69) is 44.5 Å². The Labute approximate surface area is 415 Å². The summed E-state index contributed by atoms with van der Waals surface area (Å²) in [5.41, 5.74) is 8.92. The van der Waals surface area contributed by atoms with Gasteiger partial charge >= 0.3 is 0 Å².